The molecular weight excluding hydrogens is 287 g/mol. The minimum absolute atomic E-state index is 0.0829. The lowest BCUT2D eigenvalue weighted by Crippen LogP contribution is -2.38. The van der Waals surface area contributed by atoms with Gasteiger partial charge in [-0.05, 0) is 26.2 Å². The van der Waals surface area contributed by atoms with Gasteiger partial charge in [0.25, 0.3) is 5.91 Å². The monoisotopic (exact) mass is 303 g/mol. The summed E-state index contributed by atoms with van der Waals surface area (Å²) in [4.78, 5) is 18.7. The van der Waals surface area contributed by atoms with Crippen molar-refractivity contribution in [3.05, 3.63) is 29.6 Å². The van der Waals surface area contributed by atoms with Crippen molar-refractivity contribution in [2.45, 2.75) is 18.3 Å². The molecule has 2 rings (SSSR count). The van der Waals surface area contributed by atoms with Gasteiger partial charge in [-0.1, -0.05) is 6.07 Å². The molecule has 0 spiro atoms. The number of aromatic nitrogens is 1. The van der Waals surface area contributed by atoms with E-state index in [2.05, 4.69) is 4.98 Å². The zero-order chi connectivity index (χ0) is 15.8. The predicted octanol–water partition coefficient (Wildman–Crippen LogP) is 0.847. The van der Waals surface area contributed by atoms with Gasteiger partial charge in [-0.3, -0.25) is 4.79 Å². The Morgan fingerprint density at radius 2 is 2.05 bits per heavy atom. The molecule has 8 heteroatoms. The molecule has 116 valence electrons. The largest absolute Gasteiger partial charge is 0.433 e. The quantitative estimate of drug-likeness (QED) is 0.880. The first kappa shape index (κ1) is 15.7. The number of nitrogens with zero attached hydrogens (tertiary/aromatic N) is 3. The molecule has 2 heterocycles. The van der Waals surface area contributed by atoms with Gasteiger partial charge in [0.15, 0.2) is 0 Å². The van der Waals surface area contributed by atoms with Gasteiger partial charge in [0, 0.05) is 13.1 Å². The molecule has 0 bridgehead atoms. The molecule has 0 aliphatic carbocycles. The Morgan fingerprint density at radius 1 is 1.38 bits per heavy atom. The van der Waals surface area contributed by atoms with Crippen LogP contribution in [0.5, 0.6) is 0 Å². The molecule has 21 heavy (non-hydrogen) atoms. The summed E-state index contributed by atoms with van der Waals surface area (Å²) in [6, 6.07) is 2.98. The van der Waals surface area contributed by atoms with Crippen LogP contribution in [0.4, 0.5) is 13.2 Å². The Balaban J connectivity index is 2.18. The predicted molar refractivity (Wildman–Crippen MR) is 68.6 cm³/mol. The van der Waals surface area contributed by atoms with Gasteiger partial charge in [-0.2, -0.15) is 13.2 Å². The number of rotatable bonds is 2. The first-order valence-electron chi connectivity index (χ1n) is 6.38. The molecule has 1 N–H and O–H groups in total. The Kier molecular flexibility index (Phi) is 4.20. The molecule has 1 aliphatic heterocycles. The summed E-state index contributed by atoms with van der Waals surface area (Å²) in [5.41, 5.74) is -1.37. The molecule has 5 nitrogen and oxygen atoms in total. The molecule has 1 amide bonds. The van der Waals surface area contributed by atoms with Crippen LogP contribution in [0.25, 0.3) is 0 Å². The summed E-state index contributed by atoms with van der Waals surface area (Å²) in [7, 11) is 3.54. The van der Waals surface area contributed by atoms with Gasteiger partial charge in [0.05, 0.1) is 12.1 Å². The van der Waals surface area contributed by atoms with Crippen LogP contribution in [0, 0.1) is 0 Å². The third kappa shape index (κ3) is 3.33. The van der Waals surface area contributed by atoms with Crippen LogP contribution in [0.1, 0.15) is 16.2 Å². The number of hydrogen-bond donors (Lipinski definition) is 1. The van der Waals surface area contributed by atoms with Gasteiger partial charge in [-0.25, -0.2) is 4.98 Å². The molecule has 0 radical (unpaired) electrons. The third-order valence-corrected chi connectivity index (χ3v) is 3.47. The first-order chi connectivity index (χ1) is 9.70. The topological polar surface area (TPSA) is 56.7 Å². The third-order valence-electron chi connectivity index (χ3n) is 3.47. The molecular formula is C13H16F3N3O2. The maximum atomic E-state index is 12.6. The summed E-state index contributed by atoms with van der Waals surface area (Å²) in [5.74, 6) is -0.607. The number of alkyl halides is 3. The lowest BCUT2D eigenvalue weighted by atomic mass is 10.2. The van der Waals surface area contributed by atoms with Crippen molar-refractivity contribution in [3.8, 4) is 0 Å². The lowest BCUT2D eigenvalue weighted by molar-refractivity contribution is -0.141. The van der Waals surface area contributed by atoms with Crippen LogP contribution in [-0.2, 0) is 6.18 Å². The number of halogens is 3. The molecule has 1 aromatic heterocycles. The highest BCUT2D eigenvalue weighted by Gasteiger charge is 2.37. The number of likely N-dealkylation sites (N-methyl/N-ethyl adjacent to an activating group) is 1. The number of carbonyl (C=O) groups is 1. The molecule has 0 saturated carbocycles. The molecule has 1 saturated heterocycles. The van der Waals surface area contributed by atoms with Gasteiger partial charge >= 0.3 is 6.18 Å². The number of hydrogen-bond acceptors (Lipinski definition) is 4. The van der Waals surface area contributed by atoms with Crippen LogP contribution >= 0.6 is 0 Å². The highest BCUT2D eigenvalue weighted by Crippen LogP contribution is 2.27. The van der Waals surface area contributed by atoms with Gasteiger partial charge in [-0.15, -0.1) is 0 Å². The van der Waals surface area contributed by atoms with Crippen molar-refractivity contribution in [1.29, 1.82) is 0 Å². The number of pyridine rings is 1. The second-order valence-corrected chi connectivity index (χ2v) is 5.21. The average molecular weight is 303 g/mol. The van der Waals surface area contributed by atoms with Crippen molar-refractivity contribution < 1.29 is 23.1 Å². The highest BCUT2D eigenvalue weighted by atomic mass is 19.4. The SMILES string of the molecule is CN(C)[C@H]1CN(C(=O)c2cccc(C(F)(F)F)n2)C[C@@H]1O. The zero-order valence-electron chi connectivity index (χ0n) is 11.6. The van der Waals surface area contributed by atoms with Crippen molar-refractivity contribution >= 4 is 5.91 Å². The van der Waals surface area contributed by atoms with Crippen molar-refractivity contribution in [2.24, 2.45) is 0 Å². The standard InChI is InChI=1S/C13H16F3N3O2/c1-18(2)9-6-19(7-10(9)20)12(21)8-4-3-5-11(17-8)13(14,15)16/h3-5,9-10,20H,6-7H2,1-2H3/t9-,10-/m0/s1. The highest BCUT2D eigenvalue weighted by molar-refractivity contribution is 5.92. The van der Waals surface area contributed by atoms with E-state index in [-0.39, 0.29) is 24.8 Å². The Labute approximate surface area is 120 Å². The van der Waals surface area contributed by atoms with E-state index in [1.165, 1.54) is 11.0 Å². The first-order valence-corrected chi connectivity index (χ1v) is 6.38. The lowest BCUT2D eigenvalue weighted by Gasteiger charge is -2.21. The van der Waals surface area contributed by atoms with Crippen molar-refractivity contribution in [2.75, 3.05) is 27.2 Å². The van der Waals surface area contributed by atoms with Gasteiger partial charge in [0.2, 0.25) is 0 Å². The fraction of sp³-hybridized carbons (Fsp3) is 0.538. The molecule has 1 fully saturated rings. The van der Waals surface area contributed by atoms with E-state index in [4.69, 9.17) is 0 Å². The average Bonchev–Trinajstić information content (AvgIpc) is 2.79. The van der Waals surface area contributed by atoms with Crippen LogP contribution in [-0.4, -0.2) is 65.1 Å². The number of aliphatic hydroxyl groups is 1. The molecule has 1 aliphatic rings. The van der Waals surface area contributed by atoms with E-state index in [1.54, 1.807) is 19.0 Å². The summed E-state index contributed by atoms with van der Waals surface area (Å²) < 4.78 is 37.8. The van der Waals surface area contributed by atoms with E-state index < -0.39 is 23.9 Å². The smallest absolute Gasteiger partial charge is 0.390 e. The summed E-state index contributed by atoms with van der Waals surface area (Å²) >= 11 is 0. The number of carbonyl (C=O) groups excluding carboxylic acids is 1. The normalized spacial score (nSPS) is 22.9. The Bertz CT molecular complexity index is 534. The van der Waals surface area contributed by atoms with Crippen LogP contribution in [0.3, 0.4) is 0 Å². The summed E-state index contributed by atoms with van der Waals surface area (Å²) in [5, 5.41) is 9.87. The second kappa shape index (κ2) is 5.61. The van der Waals surface area contributed by atoms with E-state index in [0.717, 1.165) is 12.1 Å². The van der Waals surface area contributed by atoms with Gasteiger partial charge < -0.3 is 14.9 Å². The molecule has 1 aromatic rings. The van der Waals surface area contributed by atoms with Gasteiger partial charge in [0.1, 0.15) is 11.4 Å². The maximum absolute atomic E-state index is 12.6. The fourth-order valence-corrected chi connectivity index (χ4v) is 2.32. The molecule has 0 unspecified atom stereocenters. The van der Waals surface area contributed by atoms with Crippen molar-refractivity contribution in [1.82, 2.24) is 14.8 Å². The Morgan fingerprint density at radius 3 is 2.57 bits per heavy atom. The number of aliphatic hydroxyl groups excluding tert-OH is 1. The van der Waals surface area contributed by atoms with Crippen LogP contribution < -0.4 is 0 Å². The van der Waals surface area contributed by atoms with Crippen molar-refractivity contribution in [3.63, 3.8) is 0 Å². The Hall–Kier alpha value is -1.67. The van der Waals surface area contributed by atoms with E-state index >= 15 is 0 Å². The minimum Gasteiger partial charge on any atom is -0.390 e. The maximum Gasteiger partial charge on any atom is 0.433 e. The number of amides is 1. The number of β-amino-alcohol motifs (C(OH)–C–C–N with tert-alkyl or cyclic N) is 1. The van der Waals surface area contributed by atoms with E-state index in [1.807, 2.05) is 0 Å². The second-order valence-electron chi connectivity index (χ2n) is 5.21. The van der Waals surface area contributed by atoms with E-state index in [9.17, 15) is 23.1 Å². The van der Waals surface area contributed by atoms with E-state index in [0.29, 0.717) is 0 Å². The van der Waals surface area contributed by atoms with Crippen LogP contribution in [0.2, 0.25) is 0 Å². The summed E-state index contributed by atoms with van der Waals surface area (Å²) in [6.07, 6.45) is -5.32. The zero-order valence-corrected chi connectivity index (χ0v) is 11.6. The minimum atomic E-state index is -4.59. The summed E-state index contributed by atoms with van der Waals surface area (Å²) in [6.45, 7) is 0.338. The molecule has 0 aromatic carbocycles. The molecule has 2 atom stereocenters. The number of likely N-dealkylation sites (tertiary alicyclic amines) is 1. The fourth-order valence-electron chi connectivity index (χ4n) is 2.32. The van der Waals surface area contributed by atoms with Crippen LogP contribution in [0.15, 0.2) is 18.2 Å².